The number of nitrogen functional groups attached to an aromatic ring is 1. The number of rotatable bonds is 1. The summed E-state index contributed by atoms with van der Waals surface area (Å²) in [4.78, 5) is 15.6. The maximum absolute atomic E-state index is 12.3. The molecule has 1 amide bonds. The molecule has 0 saturated heterocycles. The molecule has 4 rings (SSSR count). The molecule has 0 spiro atoms. The molecule has 104 valence electrons. The van der Waals surface area contributed by atoms with Gasteiger partial charge in [0.15, 0.2) is 0 Å². The van der Waals surface area contributed by atoms with Crippen LogP contribution in [0.5, 0.6) is 0 Å². The molecule has 2 aromatic carbocycles. The Labute approximate surface area is 122 Å². The van der Waals surface area contributed by atoms with E-state index in [1.807, 2.05) is 48.7 Å². The van der Waals surface area contributed by atoms with Crippen LogP contribution in [0.1, 0.15) is 27.4 Å². The molecule has 4 N–H and O–H groups in total. The highest BCUT2D eigenvalue weighted by molar-refractivity contribution is 6.08. The van der Waals surface area contributed by atoms with Crippen LogP contribution < -0.4 is 11.1 Å². The number of nitrogens with one attached hydrogen (secondary N) is 2. The third kappa shape index (κ3) is 1.80. The van der Waals surface area contributed by atoms with E-state index in [1.54, 1.807) is 0 Å². The van der Waals surface area contributed by atoms with E-state index in [4.69, 9.17) is 5.73 Å². The maximum atomic E-state index is 12.3. The van der Waals surface area contributed by atoms with Crippen LogP contribution >= 0.6 is 0 Å². The monoisotopic (exact) mass is 277 g/mol. The largest absolute Gasteiger partial charge is 0.399 e. The standard InChI is InChI=1S/C17H15N3O/c18-11-6-4-10(5-7-11)13-8-20-17(21)12-2-1-3-15-16(12)14(13)9-19-15/h1-7,9,13,19H,8,18H2,(H,20,21). The number of anilines is 1. The second-order valence-corrected chi connectivity index (χ2v) is 5.40. The molecule has 0 fully saturated rings. The summed E-state index contributed by atoms with van der Waals surface area (Å²) in [6.07, 6.45) is 2.01. The van der Waals surface area contributed by atoms with Gasteiger partial charge in [-0.3, -0.25) is 4.79 Å². The lowest BCUT2D eigenvalue weighted by molar-refractivity contribution is 0.0956. The highest BCUT2D eigenvalue weighted by Crippen LogP contribution is 2.34. The van der Waals surface area contributed by atoms with Crippen LogP contribution in [-0.4, -0.2) is 17.4 Å². The van der Waals surface area contributed by atoms with Crippen molar-refractivity contribution in [3.8, 4) is 0 Å². The number of amides is 1. The molecule has 0 aliphatic carbocycles. The first-order valence-corrected chi connectivity index (χ1v) is 6.97. The van der Waals surface area contributed by atoms with Gasteiger partial charge >= 0.3 is 0 Å². The average Bonchev–Trinajstić information content (AvgIpc) is 2.86. The number of nitrogens with two attached hydrogens (primary N) is 1. The number of aromatic amines is 1. The zero-order valence-electron chi connectivity index (χ0n) is 11.4. The zero-order valence-corrected chi connectivity index (χ0v) is 11.4. The molecule has 0 radical (unpaired) electrons. The summed E-state index contributed by atoms with van der Waals surface area (Å²) in [5.41, 5.74) is 10.6. The number of aromatic nitrogens is 1. The van der Waals surface area contributed by atoms with Crippen LogP contribution in [0.4, 0.5) is 5.69 Å². The highest BCUT2D eigenvalue weighted by atomic mass is 16.1. The van der Waals surface area contributed by atoms with Crippen molar-refractivity contribution in [1.29, 1.82) is 0 Å². The first-order chi connectivity index (χ1) is 10.2. The number of H-pyrrole nitrogens is 1. The van der Waals surface area contributed by atoms with Crippen molar-refractivity contribution >= 4 is 22.5 Å². The van der Waals surface area contributed by atoms with Crippen molar-refractivity contribution < 1.29 is 4.79 Å². The summed E-state index contributed by atoms with van der Waals surface area (Å²) in [5, 5.41) is 4.04. The molecule has 1 aliphatic heterocycles. The van der Waals surface area contributed by atoms with E-state index in [9.17, 15) is 4.79 Å². The molecule has 1 unspecified atom stereocenters. The van der Waals surface area contributed by atoms with Gasteiger partial charge in [-0.25, -0.2) is 0 Å². The van der Waals surface area contributed by atoms with Gasteiger partial charge in [-0.1, -0.05) is 18.2 Å². The van der Waals surface area contributed by atoms with Crippen LogP contribution in [0.15, 0.2) is 48.7 Å². The summed E-state index contributed by atoms with van der Waals surface area (Å²) in [7, 11) is 0. The van der Waals surface area contributed by atoms with E-state index >= 15 is 0 Å². The van der Waals surface area contributed by atoms with E-state index < -0.39 is 0 Å². The van der Waals surface area contributed by atoms with E-state index in [0.717, 1.165) is 33.3 Å². The summed E-state index contributed by atoms with van der Waals surface area (Å²) >= 11 is 0. The fourth-order valence-electron chi connectivity index (χ4n) is 3.10. The van der Waals surface area contributed by atoms with Crippen molar-refractivity contribution in [2.24, 2.45) is 0 Å². The lowest BCUT2D eigenvalue weighted by atomic mass is 9.90. The second-order valence-electron chi connectivity index (χ2n) is 5.40. The maximum Gasteiger partial charge on any atom is 0.252 e. The van der Waals surface area contributed by atoms with Crippen molar-refractivity contribution in [3.63, 3.8) is 0 Å². The van der Waals surface area contributed by atoms with E-state index in [1.165, 1.54) is 0 Å². The SMILES string of the molecule is Nc1ccc(C2CNC(=O)c3cccc4[nH]cc2c34)cc1. The van der Waals surface area contributed by atoms with Gasteiger partial charge in [0.2, 0.25) is 0 Å². The molecule has 1 atom stereocenters. The van der Waals surface area contributed by atoms with Gasteiger partial charge < -0.3 is 16.0 Å². The number of hydrogen-bond donors (Lipinski definition) is 3. The Hall–Kier alpha value is -2.75. The molecule has 4 nitrogen and oxygen atoms in total. The van der Waals surface area contributed by atoms with Crippen LogP contribution in [0.25, 0.3) is 10.9 Å². The van der Waals surface area contributed by atoms with Crippen molar-refractivity contribution in [2.45, 2.75) is 5.92 Å². The Morgan fingerprint density at radius 3 is 2.71 bits per heavy atom. The molecule has 21 heavy (non-hydrogen) atoms. The number of carbonyl (C=O) groups excluding carboxylic acids is 1. The molecule has 0 bridgehead atoms. The fourth-order valence-corrected chi connectivity index (χ4v) is 3.10. The molecule has 3 aromatic rings. The highest BCUT2D eigenvalue weighted by Gasteiger charge is 2.25. The summed E-state index contributed by atoms with van der Waals surface area (Å²) < 4.78 is 0. The topological polar surface area (TPSA) is 70.9 Å². The Balaban J connectivity index is 1.94. The molecular formula is C17H15N3O. The Morgan fingerprint density at radius 2 is 1.90 bits per heavy atom. The number of benzene rings is 2. The van der Waals surface area contributed by atoms with E-state index in [-0.39, 0.29) is 11.8 Å². The van der Waals surface area contributed by atoms with Gasteiger partial charge in [-0.15, -0.1) is 0 Å². The molecule has 0 saturated carbocycles. The normalized spacial score (nSPS) is 17.5. The average molecular weight is 277 g/mol. The molecule has 2 heterocycles. The van der Waals surface area contributed by atoms with Crippen LogP contribution in [0, 0.1) is 0 Å². The molecule has 4 heteroatoms. The van der Waals surface area contributed by atoms with Crippen LogP contribution in [0.3, 0.4) is 0 Å². The minimum Gasteiger partial charge on any atom is -0.399 e. The van der Waals surface area contributed by atoms with Crippen molar-refractivity contribution in [1.82, 2.24) is 10.3 Å². The lowest BCUT2D eigenvalue weighted by Gasteiger charge is -2.15. The first kappa shape index (κ1) is 12.0. The van der Waals surface area contributed by atoms with Gasteiger partial charge in [0, 0.05) is 40.8 Å². The lowest BCUT2D eigenvalue weighted by Crippen LogP contribution is -2.26. The third-order valence-corrected chi connectivity index (χ3v) is 4.16. The van der Waals surface area contributed by atoms with Gasteiger partial charge in [0.05, 0.1) is 0 Å². The molecule has 1 aromatic heterocycles. The summed E-state index contributed by atoms with van der Waals surface area (Å²) in [6, 6.07) is 13.6. The third-order valence-electron chi connectivity index (χ3n) is 4.16. The molecule has 1 aliphatic rings. The van der Waals surface area contributed by atoms with Crippen LogP contribution in [0.2, 0.25) is 0 Å². The van der Waals surface area contributed by atoms with Gasteiger partial charge in [0.1, 0.15) is 0 Å². The Bertz CT molecular complexity index is 833. The van der Waals surface area contributed by atoms with Crippen molar-refractivity contribution in [3.05, 3.63) is 65.4 Å². The first-order valence-electron chi connectivity index (χ1n) is 6.97. The zero-order chi connectivity index (χ0) is 14.4. The minimum absolute atomic E-state index is 0.0144. The van der Waals surface area contributed by atoms with Crippen molar-refractivity contribution in [2.75, 3.05) is 12.3 Å². The Morgan fingerprint density at radius 1 is 1.10 bits per heavy atom. The van der Waals surface area contributed by atoms with Gasteiger partial charge in [-0.2, -0.15) is 0 Å². The predicted octanol–water partition coefficient (Wildman–Crippen LogP) is 2.63. The molecular weight excluding hydrogens is 262 g/mol. The van der Waals surface area contributed by atoms with E-state index in [0.29, 0.717) is 6.54 Å². The second kappa shape index (κ2) is 4.38. The predicted molar refractivity (Wildman–Crippen MR) is 83.3 cm³/mol. The fraction of sp³-hybridized carbons (Fsp3) is 0.118. The number of carbonyl (C=O) groups is 1. The smallest absolute Gasteiger partial charge is 0.252 e. The van der Waals surface area contributed by atoms with Gasteiger partial charge in [0.25, 0.3) is 5.91 Å². The van der Waals surface area contributed by atoms with E-state index in [2.05, 4.69) is 10.3 Å². The van der Waals surface area contributed by atoms with Crippen LogP contribution in [-0.2, 0) is 0 Å². The quantitative estimate of drug-likeness (QED) is 0.598. The number of hydrogen-bond acceptors (Lipinski definition) is 2. The summed E-state index contributed by atoms with van der Waals surface area (Å²) in [5.74, 6) is 0.117. The Kier molecular flexibility index (Phi) is 2.51. The minimum atomic E-state index is -0.0144. The summed E-state index contributed by atoms with van der Waals surface area (Å²) in [6.45, 7) is 0.588. The van der Waals surface area contributed by atoms with Gasteiger partial charge in [-0.05, 0) is 35.4 Å².